The summed E-state index contributed by atoms with van der Waals surface area (Å²) in [6, 6.07) is 15.2. The molecule has 150 valence electrons. The minimum atomic E-state index is -0.0796. The largest absolute Gasteiger partial charge is 0.497 e. The first-order chi connectivity index (χ1) is 14.0. The van der Waals surface area contributed by atoms with Crippen LogP contribution < -0.4 is 14.8 Å². The van der Waals surface area contributed by atoms with Gasteiger partial charge in [0.05, 0.1) is 25.7 Å². The van der Waals surface area contributed by atoms with Crippen molar-refractivity contribution in [1.82, 2.24) is 10.2 Å². The van der Waals surface area contributed by atoms with Crippen LogP contribution in [-0.2, 0) is 4.79 Å². The molecule has 0 bridgehead atoms. The molecule has 29 heavy (non-hydrogen) atoms. The fourth-order valence-corrected chi connectivity index (χ4v) is 3.37. The first-order valence-corrected chi connectivity index (χ1v) is 10.0. The lowest BCUT2D eigenvalue weighted by molar-refractivity contribution is -0.113. The Labute approximate surface area is 174 Å². The number of rotatable bonds is 7. The molecule has 0 saturated carbocycles. The van der Waals surface area contributed by atoms with Gasteiger partial charge in [0.25, 0.3) is 0 Å². The molecule has 0 aliphatic carbocycles. The van der Waals surface area contributed by atoms with Crippen LogP contribution >= 0.6 is 11.8 Å². The smallest absolute Gasteiger partial charge is 0.234 e. The second-order valence-corrected chi connectivity index (χ2v) is 7.47. The second-order valence-electron chi connectivity index (χ2n) is 6.48. The first-order valence-electron chi connectivity index (χ1n) is 9.06. The molecule has 0 aliphatic heterocycles. The Morgan fingerprint density at radius 1 is 1.00 bits per heavy atom. The van der Waals surface area contributed by atoms with Gasteiger partial charge in [0.15, 0.2) is 0 Å². The van der Waals surface area contributed by atoms with Gasteiger partial charge in [0, 0.05) is 11.3 Å². The summed E-state index contributed by atoms with van der Waals surface area (Å²) in [7, 11) is 3.22. The fourth-order valence-electron chi connectivity index (χ4n) is 2.75. The van der Waals surface area contributed by atoms with E-state index in [1.165, 1.54) is 11.8 Å². The van der Waals surface area contributed by atoms with Gasteiger partial charge in [0.1, 0.15) is 16.5 Å². The number of methoxy groups -OCH3 is 2. The van der Waals surface area contributed by atoms with Crippen LogP contribution in [0.15, 0.2) is 53.6 Å². The number of nitrogens with zero attached hydrogens (tertiary/aromatic N) is 2. The van der Waals surface area contributed by atoms with Gasteiger partial charge in [-0.05, 0) is 61.4 Å². The van der Waals surface area contributed by atoms with E-state index in [9.17, 15) is 4.79 Å². The van der Waals surface area contributed by atoms with Crippen molar-refractivity contribution in [3.8, 4) is 22.8 Å². The summed E-state index contributed by atoms with van der Waals surface area (Å²) in [6.07, 6.45) is 0. The molecule has 1 N–H and O–H groups in total. The number of benzene rings is 2. The summed E-state index contributed by atoms with van der Waals surface area (Å²) in [6.45, 7) is 3.97. The van der Waals surface area contributed by atoms with Crippen molar-refractivity contribution in [2.24, 2.45) is 0 Å². The monoisotopic (exact) mass is 409 g/mol. The van der Waals surface area contributed by atoms with Gasteiger partial charge in [-0.15, -0.1) is 10.2 Å². The highest BCUT2D eigenvalue weighted by molar-refractivity contribution is 7.99. The van der Waals surface area contributed by atoms with Crippen molar-refractivity contribution >= 4 is 23.4 Å². The molecule has 1 amide bonds. The molecule has 7 heteroatoms. The van der Waals surface area contributed by atoms with Crippen molar-refractivity contribution in [3.05, 3.63) is 59.7 Å². The molecule has 2 aromatic carbocycles. The summed E-state index contributed by atoms with van der Waals surface area (Å²) >= 11 is 1.34. The Morgan fingerprint density at radius 3 is 2.52 bits per heavy atom. The number of aromatic nitrogens is 2. The number of anilines is 1. The van der Waals surface area contributed by atoms with Crippen LogP contribution in [0.1, 0.15) is 11.1 Å². The molecule has 0 spiro atoms. The summed E-state index contributed by atoms with van der Waals surface area (Å²) in [5, 5.41) is 12.1. The van der Waals surface area contributed by atoms with Gasteiger partial charge in [-0.25, -0.2) is 0 Å². The Balaban J connectivity index is 1.65. The van der Waals surface area contributed by atoms with E-state index in [0.717, 1.165) is 22.4 Å². The van der Waals surface area contributed by atoms with Crippen molar-refractivity contribution in [1.29, 1.82) is 0 Å². The number of hydrogen-bond acceptors (Lipinski definition) is 6. The SMILES string of the molecule is COc1ccc(OC)c(-c2ccc(SCC(=O)Nc3cc(C)ccc3C)nn2)c1. The Morgan fingerprint density at radius 2 is 1.83 bits per heavy atom. The number of ether oxygens (including phenoxy) is 2. The van der Waals surface area contributed by atoms with Crippen molar-refractivity contribution in [2.75, 3.05) is 25.3 Å². The fraction of sp³-hybridized carbons (Fsp3) is 0.227. The zero-order valence-corrected chi connectivity index (χ0v) is 17.7. The lowest BCUT2D eigenvalue weighted by atomic mass is 10.1. The zero-order chi connectivity index (χ0) is 20.8. The third-order valence-corrected chi connectivity index (χ3v) is 5.26. The number of nitrogens with one attached hydrogen (secondary N) is 1. The van der Waals surface area contributed by atoms with Gasteiger partial charge < -0.3 is 14.8 Å². The average Bonchev–Trinajstić information content (AvgIpc) is 2.74. The zero-order valence-electron chi connectivity index (χ0n) is 16.9. The van der Waals surface area contributed by atoms with Crippen molar-refractivity contribution in [2.45, 2.75) is 18.9 Å². The highest BCUT2D eigenvalue weighted by atomic mass is 32.2. The van der Waals surface area contributed by atoms with Crippen LogP contribution in [0.4, 0.5) is 5.69 Å². The summed E-state index contributed by atoms with van der Waals surface area (Å²) in [5.74, 6) is 1.57. The van der Waals surface area contributed by atoms with Crippen molar-refractivity contribution in [3.63, 3.8) is 0 Å². The molecule has 3 rings (SSSR count). The van der Waals surface area contributed by atoms with E-state index < -0.39 is 0 Å². The molecule has 0 fully saturated rings. The predicted octanol–water partition coefficient (Wildman–Crippen LogP) is 4.51. The molecular formula is C22H23N3O3S. The van der Waals surface area contributed by atoms with Gasteiger partial charge in [0.2, 0.25) is 5.91 Å². The van der Waals surface area contributed by atoms with E-state index in [1.807, 2.05) is 62.4 Å². The minimum absolute atomic E-state index is 0.0796. The van der Waals surface area contributed by atoms with Gasteiger partial charge in [-0.2, -0.15) is 0 Å². The lowest BCUT2D eigenvalue weighted by Gasteiger charge is -2.10. The molecular weight excluding hydrogens is 386 g/mol. The molecule has 1 aromatic heterocycles. The molecule has 0 saturated heterocycles. The van der Waals surface area contributed by atoms with E-state index in [2.05, 4.69) is 15.5 Å². The maximum atomic E-state index is 12.3. The second kappa shape index (κ2) is 9.43. The lowest BCUT2D eigenvalue weighted by Crippen LogP contribution is -2.15. The van der Waals surface area contributed by atoms with Crippen molar-refractivity contribution < 1.29 is 14.3 Å². The summed E-state index contributed by atoms with van der Waals surface area (Å²) in [5.41, 5.74) is 4.44. The predicted molar refractivity (Wildman–Crippen MR) is 116 cm³/mol. The first kappa shape index (κ1) is 20.7. The number of carbonyl (C=O) groups excluding carboxylic acids is 1. The maximum Gasteiger partial charge on any atom is 0.234 e. The van der Waals surface area contributed by atoms with Gasteiger partial charge in [-0.1, -0.05) is 23.9 Å². The third-order valence-electron chi connectivity index (χ3n) is 4.34. The molecule has 0 aliphatic rings. The molecule has 0 radical (unpaired) electrons. The van der Waals surface area contributed by atoms with Gasteiger partial charge >= 0.3 is 0 Å². The van der Waals surface area contributed by atoms with E-state index in [0.29, 0.717) is 22.2 Å². The number of thioether (sulfide) groups is 1. The van der Waals surface area contributed by atoms with Crippen LogP contribution in [0.5, 0.6) is 11.5 Å². The minimum Gasteiger partial charge on any atom is -0.497 e. The molecule has 1 heterocycles. The van der Waals surface area contributed by atoms with E-state index in [1.54, 1.807) is 14.2 Å². The van der Waals surface area contributed by atoms with E-state index in [4.69, 9.17) is 9.47 Å². The Kier molecular flexibility index (Phi) is 6.72. The van der Waals surface area contributed by atoms with Gasteiger partial charge in [-0.3, -0.25) is 4.79 Å². The molecule has 0 unspecified atom stereocenters. The quantitative estimate of drug-likeness (QED) is 0.579. The Bertz CT molecular complexity index is 1010. The Hall–Kier alpha value is -3.06. The molecule has 6 nitrogen and oxygen atoms in total. The highest BCUT2D eigenvalue weighted by Crippen LogP contribution is 2.32. The number of aryl methyl sites for hydroxylation is 2. The number of hydrogen-bond donors (Lipinski definition) is 1. The third kappa shape index (κ3) is 5.26. The van der Waals surface area contributed by atoms with Crippen LogP contribution in [0.3, 0.4) is 0 Å². The van der Waals surface area contributed by atoms with Crippen LogP contribution in [0, 0.1) is 13.8 Å². The number of carbonyl (C=O) groups is 1. The normalized spacial score (nSPS) is 10.5. The summed E-state index contributed by atoms with van der Waals surface area (Å²) < 4.78 is 10.7. The topological polar surface area (TPSA) is 73.3 Å². The molecule has 0 atom stereocenters. The summed E-state index contributed by atoms with van der Waals surface area (Å²) in [4.78, 5) is 12.3. The van der Waals surface area contributed by atoms with Crippen LogP contribution in [0.2, 0.25) is 0 Å². The van der Waals surface area contributed by atoms with Crippen LogP contribution in [0.25, 0.3) is 11.3 Å². The number of amides is 1. The highest BCUT2D eigenvalue weighted by Gasteiger charge is 2.11. The standard InChI is InChI=1S/C22H23N3O3S/c1-14-5-6-15(2)19(11-14)23-21(26)13-29-22-10-8-18(24-25-22)17-12-16(27-3)7-9-20(17)28-4/h5-12H,13H2,1-4H3,(H,23,26). The molecule has 3 aromatic rings. The van der Waals surface area contributed by atoms with E-state index >= 15 is 0 Å². The van der Waals surface area contributed by atoms with Crippen LogP contribution in [-0.4, -0.2) is 36.1 Å². The average molecular weight is 410 g/mol. The van der Waals surface area contributed by atoms with E-state index in [-0.39, 0.29) is 11.7 Å². The maximum absolute atomic E-state index is 12.3.